The number of ether oxygens (including phenoxy) is 1. The number of aromatic nitrogens is 1. The zero-order chi connectivity index (χ0) is 21.6. The molecule has 0 atom stereocenters. The molecular formula is C20H20ClN3O4S2. The molecule has 30 heavy (non-hydrogen) atoms. The number of hydrogen-bond acceptors (Lipinski definition) is 6. The maximum Gasteiger partial charge on any atom is 0.263 e. The number of anilines is 2. The van der Waals surface area contributed by atoms with E-state index in [9.17, 15) is 13.2 Å². The smallest absolute Gasteiger partial charge is 0.263 e. The molecule has 3 rings (SSSR count). The number of rotatable bonds is 9. The summed E-state index contributed by atoms with van der Waals surface area (Å²) in [5.74, 6) is 0.530. The summed E-state index contributed by atoms with van der Waals surface area (Å²) in [7, 11) is -3.72. The van der Waals surface area contributed by atoms with Gasteiger partial charge in [-0.25, -0.2) is 13.4 Å². The number of benzene rings is 2. The van der Waals surface area contributed by atoms with Gasteiger partial charge in [-0.15, -0.1) is 11.3 Å². The molecule has 0 aliphatic rings. The molecule has 0 bridgehead atoms. The summed E-state index contributed by atoms with van der Waals surface area (Å²) in [6.45, 7) is 2.29. The number of carbonyl (C=O) groups is 1. The van der Waals surface area contributed by atoms with Gasteiger partial charge in [0.1, 0.15) is 5.75 Å². The van der Waals surface area contributed by atoms with Gasteiger partial charge in [-0.05, 0) is 61.4 Å². The van der Waals surface area contributed by atoms with Crippen LogP contribution >= 0.6 is 22.9 Å². The topological polar surface area (TPSA) is 97.4 Å². The Labute approximate surface area is 184 Å². The van der Waals surface area contributed by atoms with Crippen LogP contribution in [-0.4, -0.2) is 25.9 Å². The first-order valence-electron chi connectivity index (χ1n) is 9.05. The molecule has 7 nitrogen and oxygen atoms in total. The van der Waals surface area contributed by atoms with Crippen molar-refractivity contribution < 1.29 is 17.9 Å². The maximum absolute atomic E-state index is 12.3. The van der Waals surface area contributed by atoms with Crippen molar-refractivity contribution in [1.82, 2.24) is 4.98 Å². The predicted molar refractivity (Wildman–Crippen MR) is 119 cm³/mol. The van der Waals surface area contributed by atoms with E-state index in [0.29, 0.717) is 34.6 Å². The fourth-order valence-corrected chi connectivity index (χ4v) is 4.42. The zero-order valence-electron chi connectivity index (χ0n) is 16.1. The molecule has 1 amide bonds. The molecule has 10 heteroatoms. The average Bonchev–Trinajstić information content (AvgIpc) is 3.20. The molecule has 3 aromatic rings. The van der Waals surface area contributed by atoms with Crippen LogP contribution in [0.2, 0.25) is 5.02 Å². The first-order chi connectivity index (χ1) is 14.3. The molecule has 0 unspecified atom stereocenters. The second-order valence-electron chi connectivity index (χ2n) is 6.38. The van der Waals surface area contributed by atoms with Crippen molar-refractivity contribution >= 4 is 49.7 Å². The van der Waals surface area contributed by atoms with E-state index in [1.807, 2.05) is 13.0 Å². The van der Waals surface area contributed by atoms with E-state index in [1.54, 1.807) is 29.6 Å². The number of halogens is 1. The van der Waals surface area contributed by atoms with Gasteiger partial charge in [0.25, 0.3) is 10.0 Å². The molecule has 158 valence electrons. The van der Waals surface area contributed by atoms with Crippen LogP contribution in [-0.2, 0) is 14.8 Å². The summed E-state index contributed by atoms with van der Waals surface area (Å²) in [4.78, 5) is 16.1. The van der Waals surface area contributed by atoms with Crippen molar-refractivity contribution in [2.45, 2.75) is 24.7 Å². The number of hydrogen-bond donors (Lipinski definition) is 2. The van der Waals surface area contributed by atoms with Crippen LogP contribution in [0.1, 0.15) is 18.4 Å². The lowest BCUT2D eigenvalue weighted by atomic mass is 10.2. The third-order valence-corrected chi connectivity index (χ3v) is 6.65. The minimum absolute atomic E-state index is 0.0855. The van der Waals surface area contributed by atoms with Crippen LogP contribution in [0.4, 0.5) is 10.8 Å². The Morgan fingerprint density at radius 1 is 1.20 bits per heavy atom. The van der Waals surface area contributed by atoms with E-state index in [0.717, 1.165) is 5.56 Å². The standard InChI is InChI=1S/C20H20ClN3O4S2/c1-14-13-16(6-9-18(14)21)28-11-2-3-19(25)23-15-4-7-17(8-5-15)30(26,27)24-20-22-10-12-29-20/h4-10,12-13H,2-3,11H2,1H3,(H,22,24)(H,23,25). The second-order valence-corrected chi connectivity index (χ2v) is 9.36. The van der Waals surface area contributed by atoms with Gasteiger partial charge in [0.2, 0.25) is 5.91 Å². The summed E-state index contributed by atoms with van der Waals surface area (Å²) < 4.78 is 32.6. The minimum atomic E-state index is -3.72. The van der Waals surface area contributed by atoms with Gasteiger partial charge in [-0.1, -0.05) is 11.6 Å². The van der Waals surface area contributed by atoms with E-state index < -0.39 is 10.0 Å². The fourth-order valence-electron chi connectivity index (χ4n) is 2.52. The Hall–Kier alpha value is -2.62. The largest absolute Gasteiger partial charge is 0.494 e. The van der Waals surface area contributed by atoms with Crippen LogP contribution < -0.4 is 14.8 Å². The Balaban J connectivity index is 1.45. The fraction of sp³-hybridized carbons (Fsp3) is 0.200. The zero-order valence-corrected chi connectivity index (χ0v) is 18.5. The quantitative estimate of drug-likeness (QED) is 0.446. The molecule has 0 saturated heterocycles. The minimum Gasteiger partial charge on any atom is -0.494 e. The van der Waals surface area contributed by atoms with E-state index in [-0.39, 0.29) is 17.2 Å². The SMILES string of the molecule is Cc1cc(OCCCC(=O)Nc2ccc(S(=O)(=O)Nc3nccs3)cc2)ccc1Cl. The Morgan fingerprint density at radius 3 is 2.63 bits per heavy atom. The second kappa shape index (κ2) is 9.92. The number of nitrogens with zero attached hydrogens (tertiary/aromatic N) is 1. The molecule has 0 fully saturated rings. The highest BCUT2D eigenvalue weighted by Gasteiger charge is 2.15. The summed E-state index contributed by atoms with van der Waals surface area (Å²) in [5, 5.41) is 5.40. The van der Waals surface area contributed by atoms with Gasteiger partial charge < -0.3 is 10.1 Å². The molecule has 0 radical (unpaired) electrons. The number of nitrogens with one attached hydrogen (secondary N) is 2. The first-order valence-corrected chi connectivity index (χ1v) is 11.8. The molecule has 2 aromatic carbocycles. The average molecular weight is 466 g/mol. The van der Waals surface area contributed by atoms with Crippen molar-refractivity contribution in [2.24, 2.45) is 0 Å². The van der Waals surface area contributed by atoms with E-state index in [2.05, 4.69) is 15.0 Å². The first kappa shape index (κ1) is 22.1. The highest BCUT2D eigenvalue weighted by molar-refractivity contribution is 7.93. The number of carbonyl (C=O) groups excluding carboxylic acids is 1. The van der Waals surface area contributed by atoms with Gasteiger partial charge in [-0.3, -0.25) is 9.52 Å². The monoisotopic (exact) mass is 465 g/mol. The lowest BCUT2D eigenvalue weighted by Gasteiger charge is -2.09. The molecule has 2 N–H and O–H groups in total. The van der Waals surface area contributed by atoms with Crippen molar-refractivity contribution in [3.8, 4) is 5.75 Å². The molecule has 0 spiro atoms. The Morgan fingerprint density at radius 2 is 1.97 bits per heavy atom. The third kappa shape index (κ3) is 6.19. The van der Waals surface area contributed by atoms with Crippen molar-refractivity contribution in [2.75, 3.05) is 16.6 Å². The van der Waals surface area contributed by atoms with Crippen LogP contribution in [0.15, 0.2) is 58.9 Å². The van der Waals surface area contributed by atoms with Crippen LogP contribution in [0.25, 0.3) is 0 Å². The van der Waals surface area contributed by atoms with Crippen LogP contribution in [0.5, 0.6) is 5.75 Å². The molecule has 0 aliphatic heterocycles. The van der Waals surface area contributed by atoms with Gasteiger partial charge in [0.15, 0.2) is 5.13 Å². The third-order valence-electron chi connectivity index (χ3n) is 4.05. The molecule has 0 aliphatic carbocycles. The van der Waals surface area contributed by atoms with Crippen LogP contribution in [0.3, 0.4) is 0 Å². The lowest BCUT2D eigenvalue weighted by Crippen LogP contribution is -2.14. The normalized spacial score (nSPS) is 11.1. The van der Waals surface area contributed by atoms with Gasteiger partial charge >= 0.3 is 0 Å². The predicted octanol–water partition coefficient (Wildman–Crippen LogP) is 4.70. The van der Waals surface area contributed by atoms with Crippen LogP contribution in [0, 0.1) is 6.92 Å². The highest BCUT2D eigenvalue weighted by atomic mass is 35.5. The summed E-state index contributed by atoms with van der Waals surface area (Å²) >= 11 is 7.17. The number of sulfonamides is 1. The highest BCUT2D eigenvalue weighted by Crippen LogP contribution is 2.22. The summed E-state index contributed by atoms with van der Waals surface area (Å²) in [5.41, 5.74) is 1.45. The molecular weight excluding hydrogens is 446 g/mol. The van der Waals surface area contributed by atoms with Gasteiger partial charge in [-0.2, -0.15) is 0 Å². The molecule has 0 saturated carbocycles. The molecule has 1 heterocycles. The van der Waals surface area contributed by atoms with Gasteiger partial charge in [0.05, 0.1) is 11.5 Å². The van der Waals surface area contributed by atoms with Crippen molar-refractivity contribution in [3.63, 3.8) is 0 Å². The lowest BCUT2D eigenvalue weighted by molar-refractivity contribution is -0.116. The van der Waals surface area contributed by atoms with E-state index in [4.69, 9.17) is 16.3 Å². The van der Waals surface area contributed by atoms with Crippen molar-refractivity contribution in [3.05, 3.63) is 64.6 Å². The number of aryl methyl sites for hydroxylation is 1. The van der Waals surface area contributed by atoms with E-state index >= 15 is 0 Å². The van der Waals surface area contributed by atoms with Gasteiger partial charge in [0, 0.05) is 28.7 Å². The Kier molecular flexibility index (Phi) is 7.30. The number of thiazole rings is 1. The maximum atomic E-state index is 12.3. The number of amides is 1. The van der Waals surface area contributed by atoms with Crippen molar-refractivity contribution in [1.29, 1.82) is 0 Å². The summed E-state index contributed by atoms with van der Waals surface area (Å²) in [6.07, 6.45) is 2.33. The van der Waals surface area contributed by atoms with E-state index in [1.165, 1.54) is 29.7 Å². The Bertz CT molecular complexity index is 1100. The molecule has 1 aromatic heterocycles. The summed E-state index contributed by atoms with van der Waals surface area (Å²) in [6, 6.07) is 11.3.